The van der Waals surface area contributed by atoms with Gasteiger partial charge in [0.2, 0.25) is 0 Å². The number of carbonyl (C=O) groups excluding carboxylic acids is 2. The first-order chi connectivity index (χ1) is 44.0. The Kier molecular flexibility index (Phi) is 69.2. The van der Waals surface area contributed by atoms with E-state index in [0.29, 0.717) is 17.4 Å². The molecule has 0 aliphatic carbocycles. The zero-order chi connectivity index (χ0) is 65.5. The summed E-state index contributed by atoms with van der Waals surface area (Å²) < 4.78 is 34.4. The normalized spacial score (nSPS) is 13.4. The second kappa shape index (κ2) is 71.0. The minimum Gasteiger partial charge on any atom is -0.756 e. The fourth-order valence-corrected chi connectivity index (χ4v) is 12.3. The van der Waals surface area contributed by atoms with E-state index in [4.69, 9.17) is 18.5 Å². The summed E-state index contributed by atoms with van der Waals surface area (Å²) in [5, 5.41) is 0. The van der Waals surface area contributed by atoms with Gasteiger partial charge in [0.1, 0.15) is 19.8 Å². The van der Waals surface area contributed by atoms with Crippen molar-refractivity contribution in [3.8, 4) is 0 Å². The van der Waals surface area contributed by atoms with Crippen molar-refractivity contribution in [1.29, 1.82) is 0 Å². The van der Waals surface area contributed by atoms with Crippen molar-refractivity contribution in [3.05, 3.63) is 60.8 Å². The second-order valence-corrected chi connectivity index (χ2v) is 29.1. The number of quaternary nitrogens is 1. The van der Waals surface area contributed by atoms with Crippen LogP contribution < -0.4 is 4.89 Å². The van der Waals surface area contributed by atoms with Gasteiger partial charge in [0.05, 0.1) is 27.7 Å². The maximum Gasteiger partial charge on any atom is 0.306 e. The number of rotatable bonds is 73. The number of unbranched alkanes of at least 4 members (excludes halogenated alkanes) is 49. The number of hydrogen-bond acceptors (Lipinski definition) is 8. The Bertz CT molecular complexity index is 1700. The van der Waals surface area contributed by atoms with E-state index in [-0.39, 0.29) is 32.0 Å². The third kappa shape index (κ3) is 74.7. The summed E-state index contributed by atoms with van der Waals surface area (Å²) in [5.41, 5.74) is 0. The van der Waals surface area contributed by atoms with Gasteiger partial charge in [-0.2, -0.15) is 0 Å². The van der Waals surface area contributed by atoms with Gasteiger partial charge in [-0.25, -0.2) is 0 Å². The predicted octanol–water partition coefficient (Wildman–Crippen LogP) is 25.1. The third-order valence-electron chi connectivity index (χ3n) is 17.5. The number of phosphoric ester groups is 1. The van der Waals surface area contributed by atoms with Crippen LogP contribution in [0.5, 0.6) is 0 Å². The number of esters is 2. The van der Waals surface area contributed by atoms with E-state index in [1.807, 2.05) is 21.1 Å². The first-order valence-corrected chi connectivity index (χ1v) is 40.5. The molecular formula is C80H150NO8P. The molecule has 0 fully saturated rings. The Hall–Kier alpha value is -2.29. The summed E-state index contributed by atoms with van der Waals surface area (Å²) in [6.45, 7) is 4.20. The Morgan fingerprint density at radius 3 is 0.956 bits per heavy atom. The van der Waals surface area contributed by atoms with Crippen LogP contribution in [-0.2, 0) is 32.7 Å². The van der Waals surface area contributed by atoms with Crippen LogP contribution in [0, 0.1) is 0 Å². The van der Waals surface area contributed by atoms with Crippen molar-refractivity contribution in [2.45, 2.75) is 392 Å². The molecule has 0 saturated heterocycles. The van der Waals surface area contributed by atoms with Crippen molar-refractivity contribution in [2.24, 2.45) is 0 Å². The molecule has 2 atom stereocenters. The molecule has 0 spiro atoms. The smallest absolute Gasteiger partial charge is 0.306 e. The summed E-state index contributed by atoms with van der Waals surface area (Å²) in [6.07, 6.45) is 94.8. The largest absolute Gasteiger partial charge is 0.756 e. The minimum atomic E-state index is -4.64. The molecule has 10 heteroatoms. The van der Waals surface area contributed by atoms with Gasteiger partial charge in [0.25, 0.3) is 7.82 Å². The highest BCUT2D eigenvalue weighted by atomic mass is 31.2. The molecule has 0 aromatic rings. The van der Waals surface area contributed by atoms with Crippen molar-refractivity contribution in [1.82, 2.24) is 0 Å². The van der Waals surface area contributed by atoms with Crippen LogP contribution in [0.1, 0.15) is 386 Å². The zero-order valence-corrected chi connectivity index (χ0v) is 61.2. The van der Waals surface area contributed by atoms with Crippen LogP contribution in [0.2, 0.25) is 0 Å². The quantitative estimate of drug-likeness (QED) is 0.0195. The number of ether oxygens (including phenoxy) is 2. The number of hydrogen-bond donors (Lipinski definition) is 0. The lowest BCUT2D eigenvalue weighted by molar-refractivity contribution is -0.870. The van der Waals surface area contributed by atoms with Crippen LogP contribution in [0.3, 0.4) is 0 Å². The Labute approximate surface area is 559 Å². The van der Waals surface area contributed by atoms with Gasteiger partial charge >= 0.3 is 11.9 Å². The number of likely N-dealkylation sites (N-methyl/N-ethyl adjacent to an activating group) is 1. The molecule has 0 aromatic heterocycles. The molecular weight excluding hydrogens is 1130 g/mol. The molecule has 0 heterocycles. The summed E-state index contributed by atoms with van der Waals surface area (Å²) >= 11 is 0. The van der Waals surface area contributed by atoms with Gasteiger partial charge in [0.15, 0.2) is 6.10 Å². The van der Waals surface area contributed by atoms with Gasteiger partial charge in [0, 0.05) is 12.8 Å². The minimum absolute atomic E-state index is 0.0290. The first-order valence-electron chi connectivity index (χ1n) is 39.0. The van der Waals surface area contributed by atoms with E-state index < -0.39 is 26.5 Å². The molecule has 2 unspecified atom stereocenters. The summed E-state index contributed by atoms with van der Waals surface area (Å²) in [6, 6.07) is 0. The lowest BCUT2D eigenvalue weighted by atomic mass is 10.0. The molecule has 0 saturated carbocycles. The van der Waals surface area contributed by atoms with E-state index in [0.717, 1.165) is 64.2 Å². The van der Waals surface area contributed by atoms with Crippen LogP contribution >= 0.6 is 7.82 Å². The Morgan fingerprint density at radius 2 is 0.633 bits per heavy atom. The highest BCUT2D eigenvalue weighted by Gasteiger charge is 2.22. The lowest BCUT2D eigenvalue weighted by Gasteiger charge is -2.28. The van der Waals surface area contributed by atoms with E-state index in [1.165, 1.54) is 289 Å². The number of phosphoric acid groups is 1. The highest BCUT2D eigenvalue weighted by molar-refractivity contribution is 7.45. The van der Waals surface area contributed by atoms with Gasteiger partial charge in [-0.1, -0.05) is 357 Å². The predicted molar refractivity (Wildman–Crippen MR) is 388 cm³/mol. The number of carbonyl (C=O) groups is 2. The van der Waals surface area contributed by atoms with Gasteiger partial charge in [-0.3, -0.25) is 14.2 Å². The number of nitrogens with zero attached hydrogens (tertiary/aromatic N) is 1. The Morgan fingerprint density at radius 1 is 0.356 bits per heavy atom. The second-order valence-electron chi connectivity index (χ2n) is 27.7. The average molecular weight is 1290 g/mol. The summed E-state index contributed by atoms with van der Waals surface area (Å²) in [7, 11) is 1.18. The van der Waals surface area contributed by atoms with E-state index in [2.05, 4.69) is 74.6 Å². The van der Waals surface area contributed by atoms with Crippen molar-refractivity contribution >= 4 is 19.8 Å². The van der Waals surface area contributed by atoms with Crippen LogP contribution in [0.25, 0.3) is 0 Å². The summed E-state index contributed by atoms with van der Waals surface area (Å²) in [4.78, 5) is 38.2. The maximum atomic E-state index is 12.9. The number of allylic oxidation sites excluding steroid dienone is 10. The molecule has 9 nitrogen and oxygen atoms in total. The zero-order valence-electron chi connectivity index (χ0n) is 60.4. The van der Waals surface area contributed by atoms with Gasteiger partial charge in [-0.05, 0) is 77.0 Å². The molecule has 0 radical (unpaired) electrons. The topological polar surface area (TPSA) is 111 Å². The van der Waals surface area contributed by atoms with Crippen molar-refractivity contribution in [3.63, 3.8) is 0 Å². The standard InChI is InChI=1S/C80H150NO8P/c1-6-8-10-12-14-16-18-20-22-24-26-28-30-32-34-36-38-39-40-41-43-44-46-48-50-52-54-56-58-60-62-64-66-68-70-72-79(82)86-76-78(77-88-90(84,85)87-75-74-81(3,4)5)89-80(83)73-71-69-67-65-63-61-59-57-55-53-51-49-47-45-42-37-35-33-31-29-27-25-23-21-19-17-15-13-11-9-7-2/h9,11,15,17,21,23-24,26-27,29,78H,6-8,10,12-14,16,18-20,22,25,28,30-77H2,1-5H3/b11-9-,17-15-,23-21-,26-24-,29-27-. The lowest BCUT2D eigenvalue weighted by Crippen LogP contribution is -2.37. The van der Waals surface area contributed by atoms with Crippen molar-refractivity contribution < 1.29 is 42.1 Å². The molecule has 528 valence electrons. The molecule has 0 bridgehead atoms. The fraction of sp³-hybridized carbons (Fsp3) is 0.850. The van der Waals surface area contributed by atoms with Gasteiger partial charge in [-0.15, -0.1) is 0 Å². The monoisotopic (exact) mass is 1280 g/mol. The van der Waals surface area contributed by atoms with Gasteiger partial charge < -0.3 is 27.9 Å². The molecule has 0 rings (SSSR count). The van der Waals surface area contributed by atoms with Crippen LogP contribution in [0.4, 0.5) is 0 Å². The molecule has 0 amide bonds. The molecule has 0 aliphatic rings. The first kappa shape index (κ1) is 87.7. The molecule has 0 aliphatic heterocycles. The fourth-order valence-electron chi connectivity index (χ4n) is 11.6. The summed E-state index contributed by atoms with van der Waals surface area (Å²) in [5.74, 6) is -0.812. The SMILES string of the molecule is CC/C=C\C/C=C\C/C=C\C/C=C\CCCCCCCCCCCCCCCCCCCCC(=O)OC(COC(=O)CCCCCCCCCCCCCCCCCCCCCCCCC/C=C\CCCCCCCCCC)COP(=O)([O-])OCC[N+](C)(C)C. The van der Waals surface area contributed by atoms with Crippen LogP contribution in [0.15, 0.2) is 60.8 Å². The molecule has 0 aromatic carbocycles. The maximum absolute atomic E-state index is 12.9. The van der Waals surface area contributed by atoms with E-state index in [9.17, 15) is 19.0 Å². The van der Waals surface area contributed by atoms with E-state index >= 15 is 0 Å². The van der Waals surface area contributed by atoms with Crippen molar-refractivity contribution in [2.75, 3.05) is 47.5 Å². The van der Waals surface area contributed by atoms with E-state index in [1.54, 1.807) is 0 Å². The average Bonchev–Trinajstić information content (AvgIpc) is 3.58. The Balaban J connectivity index is 3.93. The highest BCUT2D eigenvalue weighted by Crippen LogP contribution is 2.38. The molecule has 90 heavy (non-hydrogen) atoms. The third-order valence-corrected chi connectivity index (χ3v) is 18.5. The van der Waals surface area contributed by atoms with Crippen LogP contribution in [-0.4, -0.2) is 70.0 Å². The molecule has 0 N–H and O–H groups in total.